The third-order valence-electron chi connectivity index (χ3n) is 2.47. The highest BCUT2D eigenvalue weighted by Gasteiger charge is 2.13. The summed E-state index contributed by atoms with van der Waals surface area (Å²) in [6.45, 7) is 3.97. The Hall–Kier alpha value is -2.08. The van der Waals surface area contributed by atoms with Gasteiger partial charge in [0.05, 0.1) is 12.7 Å². The number of benzene rings is 1. The van der Waals surface area contributed by atoms with Gasteiger partial charge in [0.1, 0.15) is 5.75 Å². The summed E-state index contributed by atoms with van der Waals surface area (Å²) in [4.78, 5) is 12.5. The number of methoxy groups -OCH3 is 1. The van der Waals surface area contributed by atoms with Gasteiger partial charge in [-0.3, -0.25) is 0 Å². The Kier molecular flexibility index (Phi) is 4.24. The van der Waals surface area contributed by atoms with Crippen LogP contribution in [0.1, 0.15) is 13.8 Å². The molecule has 2 rings (SSSR count). The number of nitrogen functional groups attached to an aromatic ring is 1. The summed E-state index contributed by atoms with van der Waals surface area (Å²) in [5.74, 6) is 1.60. The van der Waals surface area contributed by atoms with Crippen LogP contribution in [0.15, 0.2) is 18.2 Å². The first-order chi connectivity index (χ1) is 9.49. The Morgan fingerprint density at radius 1 is 1.25 bits per heavy atom. The third-order valence-corrected chi connectivity index (χ3v) is 2.71. The molecule has 0 saturated heterocycles. The number of ether oxygens (including phenoxy) is 1. The lowest BCUT2D eigenvalue weighted by molar-refractivity contribution is 0.416. The van der Waals surface area contributed by atoms with E-state index in [1.54, 1.807) is 25.3 Å². The number of hydrogen-bond acceptors (Lipinski definition) is 6. The van der Waals surface area contributed by atoms with Gasteiger partial charge in [0.2, 0.25) is 11.9 Å². The van der Waals surface area contributed by atoms with E-state index in [-0.39, 0.29) is 12.0 Å². The lowest BCUT2D eigenvalue weighted by atomic mass is 10.2. The second-order valence-electron chi connectivity index (χ2n) is 4.48. The summed E-state index contributed by atoms with van der Waals surface area (Å²) in [5.41, 5.74) is 6.39. The molecule has 106 valence electrons. The molecule has 0 atom stereocenters. The minimum Gasteiger partial charge on any atom is -0.496 e. The van der Waals surface area contributed by atoms with E-state index in [0.29, 0.717) is 28.1 Å². The van der Waals surface area contributed by atoms with Crippen LogP contribution in [0.2, 0.25) is 5.02 Å². The maximum Gasteiger partial charge on any atom is 0.228 e. The van der Waals surface area contributed by atoms with Crippen molar-refractivity contribution in [1.82, 2.24) is 15.0 Å². The quantitative estimate of drug-likeness (QED) is 0.901. The van der Waals surface area contributed by atoms with Crippen LogP contribution in [-0.4, -0.2) is 28.1 Å². The van der Waals surface area contributed by atoms with Crippen molar-refractivity contribution in [2.75, 3.05) is 18.2 Å². The summed E-state index contributed by atoms with van der Waals surface area (Å²) in [6.07, 6.45) is 0. The second-order valence-corrected chi connectivity index (χ2v) is 4.92. The molecule has 0 aliphatic heterocycles. The van der Waals surface area contributed by atoms with Crippen molar-refractivity contribution in [3.8, 4) is 17.1 Å². The highest BCUT2D eigenvalue weighted by Crippen LogP contribution is 2.30. The molecule has 0 aliphatic carbocycles. The van der Waals surface area contributed by atoms with Gasteiger partial charge in [-0.1, -0.05) is 11.6 Å². The van der Waals surface area contributed by atoms with Crippen LogP contribution in [0.5, 0.6) is 5.75 Å². The fraction of sp³-hybridized carbons (Fsp3) is 0.308. The van der Waals surface area contributed by atoms with Crippen molar-refractivity contribution in [3.63, 3.8) is 0 Å². The molecule has 0 bridgehead atoms. The van der Waals surface area contributed by atoms with Crippen LogP contribution in [0.4, 0.5) is 11.9 Å². The summed E-state index contributed by atoms with van der Waals surface area (Å²) in [5, 5.41) is 3.66. The van der Waals surface area contributed by atoms with Gasteiger partial charge < -0.3 is 15.8 Å². The molecule has 0 unspecified atom stereocenters. The van der Waals surface area contributed by atoms with Gasteiger partial charge in [0.15, 0.2) is 5.82 Å². The van der Waals surface area contributed by atoms with Crippen LogP contribution >= 0.6 is 11.6 Å². The molecule has 1 aromatic heterocycles. The molecule has 20 heavy (non-hydrogen) atoms. The monoisotopic (exact) mass is 293 g/mol. The normalized spacial score (nSPS) is 10.7. The number of rotatable bonds is 4. The largest absolute Gasteiger partial charge is 0.496 e. The fourth-order valence-electron chi connectivity index (χ4n) is 1.69. The standard InChI is InChI=1S/C13H16ClN5O/c1-7(2)16-13-18-11(17-12(15)19-13)9-6-8(14)4-5-10(9)20-3/h4-7H,1-3H3,(H3,15,16,17,18,19). The van der Waals surface area contributed by atoms with E-state index in [9.17, 15) is 0 Å². The molecule has 0 aliphatic rings. The molecule has 0 fully saturated rings. The van der Waals surface area contributed by atoms with Crippen molar-refractivity contribution in [1.29, 1.82) is 0 Å². The highest BCUT2D eigenvalue weighted by molar-refractivity contribution is 6.30. The summed E-state index contributed by atoms with van der Waals surface area (Å²) < 4.78 is 5.30. The average Bonchev–Trinajstić information content (AvgIpc) is 2.37. The van der Waals surface area contributed by atoms with Crippen LogP contribution < -0.4 is 15.8 Å². The van der Waals surface area contributed by atoms with Crippen LogP contribution in [0.3, 0.4) is 0 Å². The molecule has 3 N–H and O–H groups in total. The van der Waals surface area contributed by atoms with Gasteiger partial charge in [-0.15, -0.1) is 0 Å². The summed E-state index contributed by atoms with van der Waals surface area (Å²) >= 11 is 6.01. The van der Waals surface area contributed by atoms with Crippen molar-refractivity contribution in [2.24, 2.45) is 0 Å². The van der Waals surface area contributed by atoms with Crippen LogP contribution in [0, 0.1) is 0 Å². The highest BCUT2D eigenvalue weighted by atomic mass is 35.5. The van der Waals surface area contributed by atoms with E-state index in [1.807, 2.05) is 13.8 Å². The van der Waals surface area contributed by atoms with Crippen molar-refractivity contribution in [3.05, 3.63) is 23.2 Å². The lowest BCUT2D eigenvalue weighted by Gasteiger charge is -2.11. The predicted molar refractivity (Wildman–Crippen MR) is 80.0 cm³/mol. The first-order valence-electron chi connectivity index (χ1n) is 6.11. The Balaban J connectivity index is 2.51. The first-order valence-corrected chi connectivity index (χ1v) is 6.49. The zero-order chi connectivity index (χ0) is 14.7. The number of aromatic nitrogens is 3. The Morgan fingerprint density at radius 2 is 2.00 bits per heavy atom. The van der Waals surface area contributed by atoms with Crippen molar-refractivity contribution < 1.29 is 4.74 Å². The molecular weight excluding hydrogens is 278 g/mol. The molecule has 7 heteroatoms. The average molecular weight is 294 g/mol. The van der Waals surface area contributed by atoms with Crippen molar-refractivity contribution in [2.45, 2.75) is 19.9 Å². The van der Waals surface area contributed by atoms with E-state index in [0.717, 1.165) is 0 Å². The minimum atomic E-state index is 0.139. The number of nitrogens with two attached hydrogens (primary N) is 1. The van der Waals surface area contributed by atoms with E-state index in [2.05, 4.69) is 20.3 Å². The molecule has 6 nitrogen and oxygen atoms in total. The van der Waals surface area contributed by atoms with Gasteiger partial charge in [-0.2, -0.15) is 15.0 Å². The van der Waals surface area contributed by atoms with E-state index < -0.39 is 0 Å². The molecule has 0 spiro atoms. The Morgan fingerprint density at radius 3 is 2.65 bits per heavy atom. The van der Waals surface area contributed by atoms with Gasteiger partial charge in [-0.05, 0) is 32.0 Å². The molecular formula is C13H16ClN5O. The fourth-order valence-corrected chi connectivity index (χ4v) is 1.86. The minimum absolute atomic E-state index is 0.139. The Labute approximate surface area is 122 Å². The number of nitrogens with one attached hydrogen (secondary N) is 1. The third kappa shape index (κ3) is 3.27. The number of nitrogens with zero attached hydrogens (tertiary/aromatic N) is 3. The van der Waals surface area contributed by atoms with E-state index in [1.165, 1.54) is 0 Å². The van der Waals surface area contributed by atoms with Gasteiger partial charge in [0.25, 0.3) is 0 Å². The zero-order valence-corrected chi connectivity index (χ0v) is 12.3. The van der Waals surface area contributed by atoms with Gasteiger partial charge in [-0.25, -0.2) is 0 Å². The molecule has 0 radical (unpaired) electrons. The van der Waals surface area contributed by atoms with E-state index in [4.69, 9.17) is 22.1 Å². The zero-order valence-electron chi connectivity index (χ0n) is 11.5. The number of hydrogen-bond donors (Lipinski definition) is 2. The van der Waals surface area contributed by atoms with E-state index >= 15 is 0 Å². The second kappa shape index (κ2) is 5.92. The topological polar surface area (TPSA) is 86.0 Å². The SMILES string of the molecule is COc1ccc(Cl)cc1-c1nc(N)nc(NC(C)C)n1. The predicted octanol–water partition coefficient (Wildman–Crippen LogP) is 2.60. The summed E-state index contributed by atoms with van der Waals surface area (Å²) in [6, 6.07) is 5.41. The molecule has 0 amide bonds. The van der Waals surface area contributed by atoms with Gasteiger partial charge >= 0.3 is 0 Å². The number of halogens is 1. The first kappa shape index (κ1) is 14.3. The van der Waals surface area contributed by atoms with Crippen LogP contribution in [-0.2, 0) is 0 Å². The molecule has 0 saturated carbocycles. The van der Waals surface area contributed by atoms with Gasteiger partial charge in [0, 0.05) is 11.1 Å². The molecule has 1 heterocycles. The smallest absolute Gasteiger partial charge is 0.228 e. The summed E-state index contributed by atoms with van der Waals surface area (Å²) in [7, 11) is 1.57. The molecule has 2 aromatic rings. The maximum atomic E-state index is 6.01. The Bertz CT molecular complexity index is 618. The number of anilines is 2. The molecule has 1 aromatic carbocycles. The maximum absolute atomic E-state index is 6.01. The van der Waals surface area contributed by atoms with Crippen LogP contribution in [0.25, 0.3) is 11.4 Å². The van der Waals surface area contributed by atoms with Crippen molar-refractivity contribution >= 4 is 23.5 Å². The lowest BCUT2D eigenvalue weighted by Crippen LogP contribution is -2.14.